The first kappa shape index (κ1) is 21.9. The molecule has 0 fully saturated rings. The van der Waals surface area contributed by atoms with Gasteiger partial charge in [0.05, 0.1) is 6.04 Å². The van der Waals surface area contributed by atoms with Crippen molar-refractivity contribution < 1.29 is 19.4 Å². The number of carboxylic acid groups (broad SMARTS) is 1. The van der Waals surface area contributed by atoms with Crippen LogP contribution in [0.3, 0.4) is 0 Å². The van der Waals surface area contributed by atoms with Gasteiger partial charge in [-0.1, -0.05) is 12.1 Å². The first-order valence-corrected chi connectivity index (χ1v) is 8.89. The summed E-state index contributed by atoms with van der Waals surface area (Å²) in [7, 11) is 0. The van der Waals surface area contributed by atoms with Crippen molar-refractivity contribution in [1.29, 1.82) is 0 Å². The van der Waals surface area contributed by atoms with Crippen molar-refractivity contribution in [3.63, 3.8) is 0 Å². The third kappa shape index (κ3) is 8.31. The second kappa shape index (κ2) is 10.1. The number of unbranched alkanes of at least 4 members (excludes halogenated alkanes) is 1. The van der Waals surface area contributed by atoms with Crippen LogP contribution in [0.2, 0.25) is 0 Å². The Balaban J connectivity index is 2.58. The van der Waals surface area contributed by atoms with Crippen LogP contribution in [-0.2, 0) is 16.0 Å². The van der Waals surface area contributed by atoms with Crippen LogP contribution in [0.4, 0.5) is 0 Å². The minimum absolute atomic E-state index is 0.284. The topological polar surface area (TPSA) is 128 Å². The highest BCUT2D eigenvalue weighted by atomic mass is 16.5. The molecule has 1 aromatic rings. The zero-order valence-corrected chi connectivity index (χ0v) is 15.8. The summed E-state index contributed by atoms with van der Waals surface area (Å²) < 4.78 is 5.75. The van der Waals surface area contributed by atoms with Crippen LogP contribution in [0.5, 0.6) is 5.75 Å². The summed E-state index contributed by atoms with van der Waals surface area (Å²) in [5.41, 5.74) is 11.9. The van der Waals surface area contributed by atoms with Crippen LogP contribution in [0.1, 0.15) is 45.6 Å². The predicted molar refractivity (Wildman–Crippen MR) is 101 cm³/mol. The van der Waals surface area contributed by atoms with Crippen molar-refractivity contribution in [2.75, 3.05) is 6.54 Å². The first-order valence-electron chi connectivity index (χ1n) is 8.89. The molecule has 0 saturated heterocycles. The minimum atomic E-state index is -1.06. The van der Waals surface area contributed by atoms with Crippen LogP contribution in [-0.4, -0.2) is 41.2 Å². The summed E-state index contributed by atoms with van der Waals surface area (Å²) in [4.78, 5) is 23.5. The molecule has 0 radical (unpaired) electrons. The van der Waals surface area contributed by atoms with Crippen molar-refractivity contribution in [2.24, 2.45) is 11.5 Å². The highest BCUT2D eigenvalue weighted by Gasteiger charge is 2.23. The quantitative estimate of drug-likeness (QED) is 0.465. The number of ether oxygens (including phenoxy) is 1. The van der Waals surface area contributed by atoms with E-state index >= 15 is 0 Å². The molecule has 146 valence electrons. The maximum Gasteiger partial charge on any atom is 0.326 e. The van der Waals surface area contributed by atoms with Crippen LogP contribution in [0, 0.1) is 0 Å². The molecule has 0 unspecified atom stereocenters. The van der Waals surface area contributed by atoms with E-state index in [1.54, 1.807) is 0 Å². The van der Waals surface area contributed by atoms with E-state index in [9.17, 15) is 14.7 Å². The zero-order valence-electron chi connectivity index (χ0n) is 15.8. The molecule has 7 heteroatoms. The van der Waals surface area contributed by atoms with Gasteiger partial charge in [-0.2, -0.15) is 0 Å². The van der Waals surface area contributed by atoms with Gasteiger partial charge in [0.1, 0.15) is 17.4 Å². The molecule has 0 aliphatic carbocycles. The fourth-order valence-electron chi connectivity index (χ4n) is 2.42. The molecular weight excluding hydrogens is 334 g/mol. The van der Waals surface area contributed by atoms with Crippen LogP contribution >= 0.6 is 0 Å². The van der Waals surface area contributed by atoms with Gasteiger partial charge in [-0.25, -0.2) is 4.79 Å². The van der Waals surface area contributed by atoms with Gasteiger partial charge in [-0.3, -0.25) is 4.79 Å². The Hall–Kier alpha value is -2.12. The van der Waals surface area contributed by atoms with Gasteiger partial charge in [-0.05, 0) is 70.7 Å². The molecular formula is C19H31N3O4. The maximum absolute atomic E-state index is 12.2. The van der Waals surface area contributed by atoms with Crippen molar-refractivity contribution >= 4 is 11.9 Å². The summed E-state index contributed by atoms with van der Waals surface area (Å²) in [5, 5.41) is 11.7. The van der Waals surface area contributed by atoms with E-state index in [1.165, 1.54) is 0 Å². The number of hydrogen-bond acceptors (Lipinski definition) is 5. The molecule has 2 atom stereocenters. The molecule has 7 nitrogen and oxygen atoms in total. The molecule has 0 heterocycles. The SMILES string of the molecule is CC(C)(C)Oc1ccc(C[C@H](N)C(=O)N[C@@H](CCCCN)C(=O)O)cc1. The van der Waals surface area contributed by atoms with Crippen molar-refractivity contribution in [3.8, 4) is 5.75 Å². The number of nitrogens with two attached hydrogens (primary N) is 2. The summed E-state index contributed by atoms with van der Waals surface area (Å²) in [6.07, 6.45) is 2.01. The molecule has 0 aromatic heterocycles. The molecule has 26 heavy (non-hydrogen) atoms. The Labute approximate surface area is 155 Å². The van der Waals surface area contributed by atoms with Crippen LogP contribution in [0.25, 0.3) is 0 Å². The van der Waals surface area contributed by atoms with Gasteiger partial charge in [0.25, 0.3) is 0 Å². The number of nitrogens with one attached hydrogen (secondary N) is 1. The average molecular weight is 365 g/mol. The lowest BCUT2D eigenvalue weighted by molar-refractivity contribution is -0.142. The standard InChI is InChI=1S/C19H31N3O4/c1-19(2,3)26-14-9-7-13(8-10-14)12-15(21)17(23)22-16(18(24)25)6-4-5-11-20/h7-10,15-16H,4-6,11-12,20-21H2,1-3H3,(H,22,23)(H,24,25)/t15-,16-/m0/s1. The number of carbonyl (C=O) groups is 2. The van der Waals surface area contributed by atoms with Crippen LogP contribution < -0.4 is 21.5 Å². The summed E-state index contributed by atoms with van der Waals surface area (Å²) in [6, 6.07) is 5.60. The number of carboxylic acids is 1. The molecule has 1 amide bonds. The van der Waals surface area contributed by atoms with E-state index in [0.717, 1.165) is 11.3 Å². The number of amides is 1. The van der Waals surface area contributed by atoms with E-state index in [-0.39, 0.29) is 5.60 Å². The van der Waals surface area contributed by atoms with Crippen molar-refractivity contribution in [3.05, 3.63) is 29.8 Å². The number of benzene rings is 1. The fraction of sp³-hybridized carbons (Fsp3) is 0.579. The lowest BCUT2D eigenvalue weighted by Gasteiger charge is -2.21. The van der Waals surface area contributed by atoms with E-state index in [4.69, 9.17) is 16.2 Å². The molecule has 1 aromatic carbocycles. The van der Waals surface area contributed by atoms with Crippen molar-refractivity contribution in [2.45, 2.75) is 64.1 Å². The Morgan fingerprint density at radius 3 is 2.31 bits per heavy atom. The monoisotopic (exact) mass is 365 g/mol. The molecule has 1 rings (SSSR count). The second-order valence-corrected chi connectivity index (χ2v) is 7.35. The Bertz CT molecular complexity index is 581. The Morgan fingerprint density at radius 1 is 1.19 bits per heavy atom. The number of hydrogen-bond donors (Lipinski definition) is 4. The van der Waals surface area contributed by atoms with Gasteiger partial charge in [0.2, 0.25) is 5.91 Å². The molecule has 0 aliphatic heterocycles. The summed E-state index contributed by atoms with van der Waals surface area (Å²) in [6.45, 7) is 6.39. The van der Waals surface area contributed by atoms with E-state index < -0.39 is 24.0 Å². The minimum Gasteiger partial charge on any atom is -0.488 e. The number of aliphatic carboxylic acids is 1. The second-order valence-electron chi connectivity index (χ2n) is 7.35. The first-order chi connectivity index (χ1) is 12.1. The molecule has 0 bridgehead atoms. The highest BCUT2D eigenvalue weighted by molar-refractivity contribution is 5.86. The van der Waals surface area contributed by atoms with E-state index in [2.05, 4.69) is 5.32 Å². The molecule has 6 N–H and O–H groups in total. The lowest BCUT2D eigenvalue weighted by Crippen LogP contribution is -2.49. The highest BCUT2D eigenvalue weighted by Crippen LogP contribution is 2.19. The predicted octanol–water partition coefficient (Wildman–Crippen LogP) is 1.43. The van der Waals surface area contributed by atoms with Gasteiger partial charge in [-0.15, -0.1) is 0 Å². The van der Waals surface area contributed by atoms with E-state index in [1.807, 2.05) is 45.0 Å². The third-order valence-corrected chi connectivity index (χ3v) is 3.70. The van der Waals surface area contributed by atoms with E-state index in [0.29, 0.717) is 32.2 Å². The fourth-order valence-corrected chi connectivity index (χ4v) is 2.42. The normalized spacial score (nSPS) is 13.7. The molecule has 0 aliphatic rings. The van der Waals surface area contributed by atoms with Crippen LogP contribution in [0.15, 0.2) is 24.3 Å². The van der Waals surface area contributed by atoms with Gasteiger partial charge in [0.15, 0.2) is 0 Å². The van der Waals surface area contributed by atoms with Gasteiger partial charge < -0.3 is 26.6 Å². The smallest absolute Gasteiger partial charge is 0.326 e. The van der Waals surface area contributed by atoms with Crippen molar-refractivity contribution in [1.82, 2.24) is 5.32 Å². The third-order valence-electron chi connectivity index (χ3n) is 3.70. The maximum atomic E-state index is 12.2. The Morgan fingerprint density at radius 2 is 1.81 bits per heavy atom. The Kier molecular flexibility index (Phi) is 8.54. The molecule has 0 spiro atoms. The lowest BCUT2D eigenvalue weighted by atomic mass is 10.0. The zero-order chi connectivity index (χ0) is 19.7. The van der Waals surface area contributed by atoms with Gasteiger partial charge in [0, 0.05) is 0 Å². The summed E-state index contributed by atoms with van der Waals surface area (Å²) >= 11 is 0. The molecule has 0 saturated carbocycles. The summed E-state index contributed by atoms with van der Waals surface area (Å²) in [5.74, 6) is -0.795. The average Bonchev–Trinajstić information content (AvgIpc) is 2.54. The number of carbonyl (C=O) groups excluding carboxylic acids is 1. The van der Waals surface area contributed by atoms with Gasteiger partial charge >= 0.3 is 5.97 Å². The largest absolute Gasteiger partial charge is 0.488 e. The number of rotatable bonds is 10.